The highest BCUT2D eigenvalue weighted by Gasteiger charge is 2.23. The molecule has 0 radical (unpaired) electrons. The second-order valence-electron chi connectivity index (χ2n) is 7.11. The molecule has 2 aromatic heterocycles. The monoisotopic (exact) mass is 384 g/mol. The number of aromatic nitrogens is 2. The van der Waals surface area contributed by atoms with Crippen LogP contribution in [0.15, 0.2) is 28.2 Å². The third-order valence-electron chi connectivity index (χ3n) is 5.10. The number of hydrogen-bond donors (Lipinski definition) is 0. The lowest BCUT2D eigenvalue weighted by Gasteiger charge is -2.12. The molecule has 0 aliphatic heterocycles. The van der Waals surface area contributed by atoms with Crippen LogP contribution >= 0.6 is 23.1 Å². The zero-order valence-electron chi connectivity index (χ0n) is 15.6. The molecule has 0 saturated heterocycles. The first-order chi connectivity index (χ1) is 12.6. The first-order valence-corrected chi connectivity index (χ1v) is 11.1. The molecular weight excluding hydrogens is 360 g/mol. The highest BCUT2D eigenvalue weighted by Crippen LogP contribution is 2.36. The number of aryl methyl sites for hydroxylation is 4. The van der Waals surface area contributed by atoms with Gasteiger partial charge in [0.15, 0.2) is 5.16 Å². The van der Waals surface area contributed by atoms with Crippen molar-refractivity contribution in [3.8, 4) is 0 Å². The Morgan fingerprint density at radius 3 is 2.92 bits per heavy atom. The maximum Gasteiger partial charge on any atom is 0.263 e. The van der Waals surface area contributed by atoms with E-state index in [0.29, 0.717) is 0 Å². The van der Waals surface area contributed by atoms with Gasteiger partial charge in [-0.3, -0.25) is 9.36 Å². The lowest BCUT2D eigenvalue weighted by molar-refractivity contribution is 0.585. The molecule has 136 valence electrons. The number of thiophene rings is 1. The zero-order valence-corrected chi connectivity index (χ0v) is 17.2. The molecule has 5 heteroatoms. The fourth-order valence-electron chi connectivity index (χ4n) is 3.69. The van der Waals surface area contributed by atoms with Crippen molar-refractivity contribution in [3.63, 3.8) is 0 Å². The summed E-state index contributed by atoms with van der Waals surface area (Å²) in [5, 5.41) is 1.76. The molecule has 4 rings (SSSR count). The first-order valence-electron chi connectivity index (χ1n) is 9.32. The van der Waals surface area contributed by atoms with Crippen molar-refractivity contribution in [2.75, 3.05) is 0 Å². The third kappa shape index (κ3) is 3.12. The van der Waals surface area contributed by atoms with E-state index in [4.69, 9.17) is 4.98 Å². The Bertz CT molecular complexity index is 1030. The Hall–Kier alpha value is -1.59. The van der Waals surface area contributed by atoms with Gasteiger partial charge < -0.3 is 0 Å². The van der Waals surface area contributed by atoms with Crippen LogP contribution in [0.5, 0.6) is 0 Å². The molecule has 3 nitrogen and oxygen atoms in total. The number of rotatable bonds is 5. The average Bonchev–Trinajstić information content (AvgIpc) is 3.19. The molecule has 1 aliphatic rings. The molecule has 0 N–H and O–H groups in total. The van der Waals surface area contributed by atoms with E-state index in [9.17, 15) is 4.79 Å². The number of nitrogens with zero attached hydrogens (tertiary/aromatic N) is 2. The summed E-state index contributed by atoms with van der Waals surface area (Å²) in [6.45, 7) is 7.13. The van der Waals surface area contributed by atoms with E-state index < -0.39 is 0 Å². The molecule has 0 atom stereocenters. The van der Waals surface area contributed by atoms with Crippen molar-refractivity contribution >= 4 is 33.3 Å². The first kappa shape index (κ1) is 17.8. The highest BCUT2D eigenvalue weighted by molar-refractivity contribution is 7.98. The van der Waals surface area contributed by atoms with Gasteiger partial charge in [0.2, 0.25) is 0 Å². The average molecular weight is 385 g/mol. The van der Waals surface area contributed by atoms with Gasteiger partial charge in [0.05, 0.1) is 5.39 Å². The van der Waals surface area contributed by atoms with Crippen LogP contribution in [0.1, 0.15) is 46.9 Å². The summed E-state index contributed by atoms with van der Waals surface area (Å²) in [6.07, 6.45) is 4.26. The van der Waals surface area contributed by atoms with E-state index in [0.717, 1.165) is 46.9 Å². The standard InChI is InChI=1S/C21H24N2OS2/c1-4-10-23-20(24)18-16-6-5-7-17(16)26-19(18)22-21(23)25-12-15-11-13(2)8-9-14(15)3/h8-9,11H,4-7,10,12H2,1-3H3. The summed E-state index contributed by atoms with van der Waals surface area (Å²) in [7, 11) is 0. The second kappa shape index (κ2) is 7.20. The molecule has 0 unspecified atom stereocenters. The summed E-state index contributed by atoms with van der Waals surface area (Å²) in [5.74, 6) is 0.847. The van der Waals surface area contributed by atoms with E-state index in [-0.39, 0.29) is 5.56 Å². The number of fused-ring (bicyclic) bond motifs is 3. The van der Waals surface area contributed by atoms with Crippen molar-refractivity contribution in [1.82, 2.24) is 9.55 Å². The Balaban J connectivity index is 1.75. The van der Waals surface area contributed by atoms with Gasteiger partial charge in [-0.1, -0.05) is 42.4 Å². The third-order valence-corrected chi connectivity index (χ3v) is 7.31. The summed E-state index contributed by atoms with van der Waals surface area (Å²) >= 11 is 3.42. The maximum absolute atomic E-state index is 13.2. The van der Waals surface area contributed by atoms with Crippen molar-refractivity contribution in [2.45, 2.75) is 63.9 Å². The molecule has 0 saturated carbocycles. The van der Waals surface area contributed by atoms with Gasteiger partial charge in [0, 0.05) is 17.2 Å². The molecule has 26 heavy (non-hydrogen) atoms. The number of hydrogen-bond acceptors (Lipinski definition) is 4. The van der Waals surface area contributed by atoms with Crippen LogP contribution in [-0.2, 0) is 25.1 Å². The molecular formula is C21H24N2OS2. The summed E-state index contributed by atoms with van der Waals surface area (Å²) in [4.78, 5) is 20.5. The van der Waals surface area contributed by atoms with Crippen molar-refractivity contribution in [1.29, 1.82) is 0 Å². The molecule has 1 aliphatic carbocycles. The van der Waals surface area contributed by atoms with Gasteiger partial charge in [0.25, 0.3) is 5.56 Å². The summed E-state index contributed by atoms with van der Waals surface area (Å²) in [6, 6.07) is 6.56. The largest absolute Gasteiger partial charge is 0.287 e. The van der Waals surface area contributed by atoms with Crippen molar-refractivity contribution in [3.05, 3.63) is 55.7 Å². The van der Waals surface area contributed by atoms with Gasteiger partial charge >= 0.3 is 0 Å². The minimum Gasteiger partial charge on any atom is -0.287 e. The van der Waals surface area contributed by atoms with E-state index in [1.165, 1.54) is 33.6 Å². The minimum atomic E-state index is 0.166. The Labute approximate surface area is 162 Å². The molecule has 3 aromatic rings. The van der Waals surface area contributed by atoms with E-state index in [1.54, 1.807) is 23.1 Å². The SMILES string of the molecule is CCCn1c(SCc2cc(C)ccc2C)nc2sc3c(c2c1=O)CCC3. The lowest BCUT2D eigenvalue weighted by atomic mass is 10.1. The molecule has 0 spiro atoms. The molecule has 0 fully saturated rings. The normalized spacial score (nSPS) is 13.5. The molecule has 0 amide bonds. The fraction of sp³-hybridized carbons (Fsp3) is 0.429. The lowest BCUT2D eigenvalue weighted by Crippen LogP contribution is -2.23. The second-order valence-corrected chi connectivity index (χ2v) is 9.13. The molecule has 1 aromatic carbocycles. The van der Waals surface area contributed by atoms with E-state index in [2.05, 4.69) is 39.0 Å². The van der Waals surface area contributed by atoms with Gasteiger partial charge in [-0.15, -0.1) is 11.3 Å². The van der Waals surface area contributed by atoms with Crippen LogP contribution in [-0.4, -0.2) is 9.55 Å². The predicted molar refractivity (Wildman–Crippen MR) is 112 cm³/mol. The van der Waals surface area contributed by atoms with E-state index in [1.807, 2.05) is 4.57 Å². The van der Waals surface area contributed by atoms with Crippen LogP contribution in [0.2, 0.25) is 0 Å². The highest BCUT2D eigenvalue weighted by atomic mass is 32.2. The van der Waals surface area contributed by atoms with E-state index >= 15 is 0 Å². The van der Waals surface area contributed by atoms with Crippen molar-refractivity contribution in [2.24, 2.45) is 0 Å². The summed E-state index contributed by atoms with van der Waals surface area (Å²) in [5.41, 5.74) is 5.33. The van der Waals surface area contributed by atoms with Crippen LogP contribution in [0, 0.1) is 13.8 Å². The van der Waals surface area contributed by atoms with Gasteiger partial charge in [-0.2, -0.15) is 0 Å². The predicted octanol–water partition coefficient (Wildman–Crippen LogP) is 5.27. The number of benzene rings is 1. The Morgan fingerprint density at radius 2 is 2.12 bits per heavy atom. The maximum atomic E-state index is 13.2. The topological polar surface area (TPSA) is 34.9 Å². The smallest absolute Gasteiger partial charge is 0.263 e. The summed E-state index contributed by atoms with van der Waals surface area (Å²) < 4.78 is 1.91. The zero-order chi connectivity index (χ0) is 18.3. The van der Waals surface area contributed by atoms with Crippen LogP contribution in [0.4, 0.5) is 0 Å². The van der Waals surface area contributed by atoms with Gasteiger partial charge in [-0.25, -0.2) is 4.98 Å². The van der Waals surface area contributed by atoms with Crippen LogP contribution < -0.4 is 5.56 Å². The fourth-order valence-corrected chi connectivity index (χ4v) is 6.08. The molecule has 0 bridgehead atoms. The molecule has 2 heterocycles. The Kier molecular flexibility index (Phi) is 4.93. The number of thioether (sulfide) groups is 1. The van der Waals surface area contributed by atoms with Crippen LogP contribution in [0.25, 0.3) is 10.2 Å². The van der Waals surface area contributed by atoms with Gasteiger partial charge in [0.1, 0.15) is 4.83 Å². The van der Waals surface area contributed by atoms with Gasteiger partial charge in [-0.05, 0) is 56.2 Å². The minimum absolute atomic E-state index is 0.166. The van der Waals surface area contributed by atoms with Crippen molar-refractivity contribution < 1.29 is 0 Å². The quantitative estimate of drug-likeness (QED) is 0.444. The Morgan fingerprint density at radius 1 is 1.27 bits per heavy atom. The van der Waals surface area contributed by atoms with Crippen LogP contribution in [0.3, 0.4) is 0 Å².